The van der Waals surface area contributed by atoms with E-state index in [0.717, 1.165) is 12.1 Å². The molecule has 0 saturated heterocycles. The normalized spacial score (nSPS) is 11.7. The molecule has 6 heteroatoms. The second-order valence-corrected chi connectivity index (χ2v) is 4.85. The lowest BCUT2D eigenvalue weighted by molar-refractivity contribution is 0.594. The summed E-state index contributed by atoms with van der Waals surface area (Å²) in [5.41, 5.74) is 0.280. The van der Waals surface area contributed by atoms with E-state index in [-0.39, 0.29) is 14.9 Å². The van der Waals surface area contributed by atoms with E-state index in [1.807, 2.05) is 0 Å². The average molecular weight is 268 g/mol. The minimum absolute atomic E-state index is 0.0687. The number of primary sulfonamides is 1. The summed E-state index contributed by atoms with van der Waals surface area (Å²) in [6.45, 7) is 1.48. The number of rotatable bonds is 1. The van der Waals surface area contributed by atoms with Crippen LogP contribution in [0.2, 0.25) is 0 Å². The fourth-order valence-electron chi connectivity index (χ4n) is 0.943. The van der Waals surface area contributed by atoms with E-state index in [4.69, 9.17) is 5.14 Å². The maximum atomic E-state index is 12.9. The molecule has 0 amide bonds. The monoisotopic (exact) mass is 267 g/mol. The highest BCUT2D eigenvalue weighted by atomic mass is 79.9. The van der Waals surface area contributed by atoms with Gasteiger partial charge < -0.3 is 0 Å². The summed E-state index contributed by atoms with van der Waals surface area (Å²) in [5.74, 6) is -0.509. The molecule has 0 unspecified atom stereocenters. The summed E-state index contributed by atoms with van der Waals surface area (Å²) < 4.78 is 34.9. The van der Waals surface area contributed by atoms with Gasteiger partial charge >= 0.3 is 0 Å². The van der Waals surface area contributed by atoms with Crippen molar-refractivity contribution in [3.63, 3.8) is 0 Å². The van der Waals surface area contributed by atoms with E-state index in [9.17, 15) is 12.8 Å². The zero-order valence-electron chi connectivity index (χ0n) is 6.71. The lowest BCUT2D eigenvalue weighted by Crippen LogP contribution is -2.14. The molecule has 0 aromatic heterocycles. The van der Waals surface area contributed by atoms with E-state index >= 15 is 0 Å². The summed E-state index contributed by atoms with van der Waals surface area (Å²) in [7, 11) is -3.77. The molecule has 0 saturated carbocycles. The van der Waals surface area contributed by atoms with Gasteiger partial charge in [-0.05, 0) is 40.5 Å². The average Bonchev–Trinajstić information content (AvgIpc) is 1.98. The molecule has 3 nitrogen and oxygen atoms in total. The first-order valence-corrected chi connectivity index (χ1v) is 5.65. The minimum Gasteiger partial charge on any atom is -0.225 e. The SMILES string of the molecule is Cc1c(S(N)(=O)=O)ccc(F)c1Br. The standard InChI is InChI=1S/C7H7BrFNO2S/c1-4-6(13(10,11)12)3-2-5(9)7(4)8/h2-3H,1H3,(H2,10,11,12). The van der Waals surface area contributed by atoms with Gasteiger partial charge in [-0.3, -0.25) is 0 Å². The van der Waals surface area contributed by atoms with Gasteiger partial charge in [-0.1, -0.05) is 0 Å². The van der Waals surface area contributed by atoms with Gasteiger partial charge in [0.2, 0.25) is 10.0 Å². The number of sulfonamides is 1. The van der Waals surface area contributed by atoms with Crippen LogP contribution in [0.25, 0.3) is 0 Å². The Bertz CT molecular complexity index is 444. The molecule has 0 atom stereocenters. The number of hydrogen-bond acceptors (Lipinski definition) is 2. The third-order valence-electron chi connectivity index (χ3n) is 1.60. The quantitative estimate of drug-likeness (QED) is 0.839. The first-order chi connectivity index (χ1) is 5.84. The number of hydrogen-bond donors (Lipinski definition) is 1. The van der Waals surface area contributed by atoms with Gasteiger partial charge in [-0.15, -0.1) is 0 Å². The summed E-state index contributed by atoms with van der Waals surface area (Å²) in [4.78, 5) is -0.0687. The van der Waals surface area contributed by atoms with E-state index < -0.39 is 15.8 Å². The lowest BCUT2D eigenvalue weighted by Gasteiger charge is -2.05. The molecule has 0 fully saturated rings. The largest absolute Gasteiger partial charge is 0.238 e. The Morgan fingerprint density at radius 3 is 2.46 bits per heavy atom. The maximum Gasteiger partial charge on any atom is 0.238 e. The molecule has 1 aromatic carbocycles. The zero-order chi connectivity index (χ0) is 10.2. The Hall–Kier alpha value is -0.460. The Morgan fingerprint density at radius 1 is 1.46 bits per heavy atom. The molecule has 0 radical (unpaired) electrons. The van der Waals surface area contributed by atoms with Gasteiger partial charge in [0.15, 0.2) is 0 Å². The van der Waals surface area contributed by atoms with Crippen LogP contribution in [-0.2, 0) is 10.0 Å². The number of halogens is 2. The van der Waals surface area contributed by atoms with Crippen molar-refractivity contribution in [1.29, 1.82) is 0 Å². The molecule has 0 spiro atoms. The highest BCUT2D eigenvalue weighted by Gasteiger charge is 2.15. The van der Waals surface area contributed by atoms with Crippen molar-refractivity contribution < 1.29 is 12.8 Å². The minimum atomic E-state index is -3.77. The first-order valence-electron chi connectivity index (χ1n) is 3.31. The van der Waals surface area contributed by atoms with E-state index in [1.54, 1.807) is 0 Å². The molecule has 13 heavy (non-hydrogen) atoms. The molecule has 72 valence electrons. The van der Waals surface area contributed by atoms with Gasteiger partial charge in [0.05, 0.1) is 9.37 Å². The van der Waals surface area contributed by atoms with Crippen LogP contribution in [0.1, 0.15) is 5.56 Å². The van der Waals surface area contributed by atoms with Crippen LogP contribution >= 0.6 is 15.9 Å². The molecule has 1 aromatic rings. The molecule has 0 heterocycles. The van der Waals surface area contributed by atoms with Crippen molar-refractivity contribution in [3.05, 3.63) is 28.0 Å². The second-order valence-electron chi connectivity index (χ2n) is 2.53. The highest BCUT2D eigenvalue weighted by molar-refractivity contribution is 9.10. The fourth-order valence-corrected chi connectivity index (χ4v) is 2.21. The van der Waals surface area contributed by atoms with Crippen molar-refractivity contribution in [2.75, 3.05) is 0 Å². The maximum absolute atomic E-state index is 12.9. The lowest BCUT2D eigenvalue weighted by atomic mass is 10.2. The van der Waals surface area contributed by atoms with Crippen molar-refractivity contribution in [2.45, 2.75) is 11.8 Å². The van der Waals surface area contributed by atoms with Crippen LogP contribution in [0.5, 0.6) is 0 Å². The van der Waals surface area contributed by atoms with Crippen LogP contribution in [0.3, 0.4) is 0 Å². The van der Waals surface area contributed by atoms with Crippen molar-refractivity contribution in [2.24, 2.45) is 5.14 Å². The molecule has 1 rings (SSSR count). The topological polar surface area (TPSA) is 60.2 Å². The number of benzene rings is 1. The van der Waals surface area contributed by atoms with E-state index in [2.05, 4.69) is 15.9 Å². The number of nitrogens with two attached hydrogens (primary N) is 1. The van der Waals surface area contributed by atoms with E-state index in [0.29, 0.717) is 0 Å². The van der Waals surface area contributed by atoms with Gasteiger partial charge in [0.25, 0.3) is 0 Å². The summed E-state index contributed by atoms with van der Waals surface area (Å²) in [5, 5.41) is 4.91. The second kappa shape index (κ2) is 3.36. The highest BCUT2D eigenvalue weighted by Crippen LogP contribution is 2.25. The molecular weight excluding hydrogens is 261 g/mol. The van der Waals surface area contributed by atoms with Crippen LogP contribution in [0.4, 0.5) is 4.39 Å². The first kappa shape index (κ1) is 10.6. The molecule has 0 aliphatic carbocycles. The van der Waals surface area contributed by atoms with E-state index in [1.165, 1.54) is 6.92 Å². The predicted octanol–water partition coefficient (Wildman–Crippen LogP) is 1.54. The summed E-state index contributed by atoms with van der Waals surface area (Å²) in [6.07, 6.45) is 0. The molecule has 0 bridgehead atoms. The van der Waals surface area contributed by atoms with Crippen molar-refractivity contribution >= 4 is 26.0 Å². The Labute approximate surface area is 83.9 Å². The molecule has 2 N–H and O–H groups in total. The van der Waals surface area contributed by atoms with Gasteiger partial charge in [-0.2, -0.15) is 0 Å². The van der Waals surface area contributed by atoms with Crippen LogP contribution < -0.4 is 5.14 Å². The Kier molecular flexibility index (Phi) is 2.74. The fraction of sp³-hybridized carbons (Fsp3) is 0.143. The van der Waals surface area contributed by atoms with Gasteiger partial charge in [0, 0.05) is 0 Å². The molecular formula is C7H7BrFNO2S. The third-order valence-corrected chi connectivity index (χ3v) is 3.62. The third kappa shape index (κ3) is 2.07. The van der Waals surface area contributed by atoms with Crippen molar-refractivity contribution in [3.8, 4) is 0 Å². The Balaban J connectivity index is 3.53. The van der Waals surface area contributed by atoms with Gasteiger partial charge in [0.1, 0.15) is 5.82 Å². The van der Waals surface area contributed by atoms with Crippen LogP contribution in [0, 0.1) is 12.7 Å². The van der Waals surface area contributed by atoms with Crippen LogP contribution in [-0.4, -0.2) is 8.42 Å². The predicted molar refractivity (Wildman–Crippen MR) is 50.2 cm³/mol. The summed E-state index contributed by atoms with van der Waals surface area (Å²) >= 11 is 2.93. The smallest absolute Gasteiger partial charge is 0.225 e. The van der Waals surface area contributed by atoms with Crippen LogP contribution in [0.15, 0.2) is 21.5 Å². The molecule has 0 aliphatic rings. The molecule has 0 aliphatic heterocycles. The van der Waals surface area contributed by atoms with Crippen molar-refractivity contribution in [1.82, 2.24) is 0 Å². The Morgan fingerprint density at radius 2 is 2.00 bits per heavy atom. The van der Waals surface area contributed by atoms with Gasteiger partial charge in [-0.25, -0.2) is 17.9 Å². The summed E-state index contributed by atoms with van der Waals surface area (Å²) in [6, 6.07) is 2.20. The zero-order valence-corrected chi connectivity index (χ0v) is 9.12.